The Morgan fingerprint density at radius 3 is 2.50 bits per heavy atom. The molecule has 0 radical (unpaired) electrons. The topological polar surface area (TPSA) is 47.0 Å². The molecule has 2 fully saturated rings. The van der Waals surface area contributed by atoms with Crippen LogP contribution in [-0.2, 0) is 4.79 Å². The normalized spacial score (nSPS) is 28.4. The summed E-state index contributed by atoms with van der Waals surface area (Å²) >= 11 is 0. The number of likely N-dealkylation sites (tertiary alicyclic amines) is 1. The van der Waals surface area contributed by atoms with E-state index in [1.807, 2.05) is 0 Å². The van der Waals surface area contributed by atoms with Crippen LogP contribution in [0.4, 0.5) is 0 Å². The van der Waals surface area contributed by atoms with Crippen molar-refractivity contribution in [2.24, 2.45) is 0 Å². The summed E-state index contributed by atoms with van der Waals surface area (Å²) in [4.78, 5) is 18.1. The SMILES string of the molecule is CC(C(=O)O)N1CCN(CCC2CCCCN2C)CC1. The number of piperidine rings is 1. The summed E-state index contributed by atoms with van der Waals surface area (Å²) in [6.07, 6.45) is 5.31. The molecule has 1 N–H and O–H groups in total. The van der Waals surface area contributed by atoms with E-state index in [-0.39, 0.29) is 6.04 Å². The number of carboxylic acids is 1. The fourth-order valence-electron chi connectivity index (χ4n) is 3.37. The van der Waals surface area contributed by atoms with Gasteiger partial charge >= 0.3 is 5.97 Å². The molecule has 2 heterocycles. The van der Waals surface area contributed by atoms with Crippen molar-refractivity contribution in [3.63, 3.8) is 0 Å². The number of aliphatic carboxylic acids is 1. The van der Waals surface area contributed by atoms with Gasteiger partial charge in [0, 0.05) is 32.2 Å². The average Bonchev–Trinajstić information content (AvgIpc) is 2.46. The lowest BCUT2D eigenvalue weighted by molar-refractivity contribution is -0.143. The number of piperazine rings is 1. The Kier molecular flexibility index (Phi) is 5.81. The first-order chi connectivity index (χ1) is 9.58. The molecule has 0 spiro atoms. The van der Waals surface area contributed by atoms with Gasteiger partial charge in [-0.15, -0.1) is 0 Å². The third-order valence-corrected chi connectivity index (χ3v) is 5.01. The van der Waals surface area contributed by atoms with E-state index in [1.165, 1.54) is 32.2 Å². The van der Waals surface area contributed by atoms with Gasteiger partial charge in [-0.05, 0) is 46.3 Å². The van der Waals surface area contributed by atoms with E-state index in [0.29, 0.717) is 0 Å². The minimum atomic E-state index is -0.706. The second-order valence-electron chi connectivity index (χ2n) is 6.31. The van der Waals surface area contributed by atoms with Crippen molar-refractivity contribution in [1.82, 2.24) is 14.7 Å². The standard InChI is InChI=1S/C15H29N3O2/c1-13(15(19)20)18-11-9-17(10-12-18)8-6-14-5-3-4-7-16(14)2/h13-14H,3-12H2,1-2H3,(H,19,20). The predicted molar refractivity (Wildman–Crippen MR) is 80.0 cm³/mol. The Balaban J connectivity index is 1.68. The fourth-order valence-corrected chi connectivity index (χ4v) is 3.37. The highest BCUT2D eigenvalue weighted by Crippen LogP contribution is 2.18. The molecule has 2 aliphatic heterocycles. The zero-order valence-electron chi connectivity index (χ0n) is 12.9. The van der Waals surface area contributed by atoms with Crippen molar-refractivity contribution >= 4 is 5.97 Å². The second-order valence-corrected chi connectivity index (χ2v) is 6.31. The molecule has 0 bridgehead atoms. The number of rotatable bonds is 5. The molecular formula is C15H29N3O2. The predicted octanol–water partition coefficient (Wildman–Crippen LogP) is 0.952. The van der Waals surface area contributed by atoms with Crippen molar-refractivity contribution in [1.29, 1.82) is 0 Å². The van der Waals surface area contributed by atoms with E-state index in [4.69, 9.17) is 5.11 Å². The number of carbonyl (C=O) groups is 1. The van der Waals surface area contributed by atoms with Crippen LogP contribution >= 0.6 is 0 Å². The first kappa shape index (κ1) is 15.7. The molecule has 0 aromatic heterocycles. The lowest BCUT2D eigenvalue weighted by Gasteiger charge is -2.38. The lowest BCUT2D eigenvalue weighted by Crippen LogP contribution is -2.52. The molecular weight excluding hydrogens is 254 g/mol. The maximum Gasteiger partial charge on any atom is 0.320 e. The summed E-state index contributed by atoms with van der Waals surface area (Å²) in [7, 11) is 2.25. The van der Waals surface area contributed by atoms with Gasteiger partial charge in [0.05, 0.1) is 0 Å². The highest BCUT2D eigenvalue weighted by molar-refractivity contribution is 5.72. The van der Waals surface area contributed by atoms with Gasteiger partial charge in [0.2, 0.25) is 0 Å². The van der Waals surface area contributed by atoms with Crippen LogP contribution in [0.1, 0.15) is 32.6 Å². The van der Waals surface area contributed by atoms with Gasteiger partial charge in [-0.3, -0.25) is 9.69 Å². The minimum Gasteiger partial charge on any atom is -0.480 e. The number of hydrogen-bond acceptors (Lipinski definition) is 4. The van der Waals surface area contributed by atoms with Crippen molar-refractivity contribution in [2.75, 3.05) is 46.3 Å². The maximum atomic E-state index is 11.0. The number of hydrogen-bond donors (Lipinski definition) is 1. The zero-order valence-corrected chi connectivity index (χ0v) is 12.9. The molecule has 2 unspecified atom stereocenters. The van der Waals surface area contributed by atoms with Gasteiger partial charge in [0.25, 0.3) is 0 Å². The fraction of sp³-hybridized carbons (Fsp3) is 0.933. The summed E-state index contributed by atoms with van der Waals surface area (Å²) in [5.41, 5.74) is 0. The molecule has 0 amide bonds. The van der Waals surface area contributed by atoms with Crippen LogP contribution in [0.5, 0.6) is 0 Å². The van der Waals surface area contributed by atoms with Gasteiger partial charge in [0.1, 0.15) is 6.04 Å². The first-order valence-corrected chi connectivity index (χ1v) is 7.97. The Labute approximate surface area is 122 Å². The Hall–Kier alpha value is -0.650. The Morgan fingerprint density at radius 1 is 1.20 bits per heavy atom. The molecule has 2 aliphatic rings. The molecule has 0 aliphatic carbocycles. The molecule has 5 heteroatoms. The van der Waals surface area contributed by atoms with Crippen LogP contribution in [0.3, 0.4) is 0 Å². The largest absolute Gasteiger partial charge is 0.480 e. The van der Waals surface area contributed by atoms with Gasteiger partial charge in [0.15, 0.2) is 0 Å². The highest BCUT2D eigenvalue weighted by Gasteiger charge is 2.26. The average molecular weight is 283 g/mol. The van der Waals surface area contributed by atoms with E-state index >= 15 is 0 Å². The molecule has 5 nitrogen and oxygen atoms in total. The molecule has 2 rings (SSSR count). The van der Waals surface area contributed by atoms with Gasteiger partial charge in [-0.2, -0.15) is 0 Å². The molecule has 0 aromatic carbocycles. The summed E-state index contributed by atoms with van der Waals surface area (Å²) in [6, 6.07) is 0.404. The van der Waals surface area contributed by atoms with Crippen molar-refractivity contribution in [3.8, 4) is 0 Å². The van der Waals surface area contributed by atoms with Crippen LogP contribution < -0.4 is 0 Å². The van der Waals surface area contributed by atoms with Gasteiger partial charge in [-0.25, -0.2) is 0 Å². The van der Waals surface area contributed by atoms with Crippen LogP contribution in [0.2, 0.25) is 0 Å². The lowest BCUT2D eigenvalue weighted by atomic mass is 10.00. The van der Waals surface area contributed by atoms with Crippen LogP contribution in [0.25, 0.3) is 0 Å². The summed E-state index contributed by atoms with van der Waals surface area (Å²) in [5, 5.41) is 9.04. The molecule has 20 heavy (non-hydrogen) atoms. The summed E-state index contributed by atoms with van der Waals surface area (Å²) in [5.74, 6) is -0.706. The van der Waals surface area contributed by atoms with Crippen LogP contribution in [0.15, 0.2) is 0 Å². The number of carboxylic acid groups (broad SMARTS) is 1. The smallest absolute Gasteiger partial charge is 0.320 e. The van der Waals surface area contributed by atoms with Crippen molar-refractivity contribution in [3.05, 3.63) is 0 Å². The summed E-state index contributed by atoms with van der Waals surface area (Å²) < 4.78 is 0. The summed E-state index contributed by atoms with van der Waals surface area (Å²) in [6.45, 7) is 7.97. The van der Waals surface area contributed by atoms with E-state index < -0.39 is 5.97 Å². The third-order valence-electron chi connectivity index (χ3n) is 5.01. The van der Waals surface area contributed by atoms with Gasteiger partial charge < -0.3 is 14.9 Å². The Bertz CT molecular complexity index is 316. The van der Waals surface area contributed by atoms with Crippen LogP contribution in [-0.4, -0.2) is 84.2 Å². The van der Waals surface area contributed by atoms with Crippen LogP contribution in [0, 0.1) is 0 Å². The van der Waals surface area contributed by atoms with E-state index in [0.717, 1.165) is 38.8 Å². The quantitative estimate of drug-likeness (QED) is 0.814. The Morgan fingerprint density at radius 2 is 1.90 bits per heavy atom. The zero-order chi connectivity index (χ0) is 14.5. The van der Waals surface area contributed by atoms with E-state index in [9.17, 15) is 4.79 Å². The molecule has 0 aromatic rings. The third kappa shape index (κ3) is 4.17. The number of nitrogens with zero attached hydrogens (tertiary/aromatic N) is 3. The molecule has 2 atom stereocenters. The van der Waals surface area contributed by atoms with Crippen molar-refractivity contribution in [2.45, 2.75) is 44.7 Å². The molecule has 2 saturated heterocycles. The minimum absolute atomic E-state index is 0.346. The molecule has 0 saturated carbocycles. The van der Waals surface area contributed by atoms with E-state index in [2.05, 4.69) is 21.7 Å². The highest BCUT2D eigenvalue weighted by atomic mass is 16.4. The van der Waals surface area contributed by atoms with E-state index in [1.54, 1.807) is 6.92 Å². The monoisotopic (exact) mass is 283 g/mol. The molecule has 116 valence electrons. The maximum absolute atomic E-state index is 11.0. The van der Waals surface area contributed by atoms with Crippen molar-refractivity contribution < 1.29 is 9.90 Å². The first-order valence-electron chi connectivity index (χ1n) is 7.97. The van der Waals surface area contributed by atoms with Gasteiger partial charge in [-0.1, -0.05) is 6.42 Å². The second kappa shape index (κ2) is 7.38.